The van der Waals surface area contributed by atoms with Gasteiger partial charge in [0.25, 0.3) is 0 Å². The molecule has 0 bridgehead atoms. The van der Waals surface area contributed by atoms with Crippen LogP contribution in [0.1, 0.15) is 51.6 Å². The average Bonchev–Trinajstić information content (AvgIpc) is 3.37. The highest BCUT2D eigenvalue weighted by molar-refractivity contribution is 5.89. The molecule has 2 aliphatic carbocycles. The maximum Gasteiger partial charge on any atom is 0.416 e. The largest absolute Gasteiger partial charge is 0.441 e. The standard InChI is InChI=1S/C25H30N6O3/c1-23(2,33)20-11-28-21(12-27-20)31-14-25(34-22(31)32)8-7-24(5-6-24)16(10-25)13-30-15-29-18-4-3-17(26)9-19(18)30/h3-4,9,11-12,15-16,33H,5-8,10,13-14,26H2,1-2H3/t16-,25-/m0/s1. The molecule has 3 heterocycles. The van der Waals surface area contributed by atoms with Crippen molar-refractivity contribution in [2.45, 2.75) is 63.7 Å². The van der Waals surface area contributed by atoms with Crippen molar-refractivity contribution in [3.63, 3.8) is 0 Å². The van der Waals surface area contributed by atoms with Gasteiger partial charge in [0.15, 0.2) is 5.82 Å². The first-order valence-electron chi connectivity index (χ1n) is 11.9. The van der Waals surface area contributed by atoms with Gasteiger partial charge in [-0.05, 0) is 75.5 Å². The summed E-state index contributed by atoms with van der Waals surface area (Å²) in [7, 11) is 0. The van der Waals surface area contributed by atoms with Crippen LogP contribution in [0, 0.1) is 11.3 Å². The summed E-state index contributed by atoms with van der Waals surface area (Å²) in [6.45, 7) is 4.61. The molecule has 1 aromatic carbocycles. The molecule has 2 spiro atoms. The van der Waals surface area contributed by atoms with E-state index in [1.807, 2.05) is 24.5 Å². The second kappa shape index (κ2) is 7.15. The van der Waals surface area contributed by atoms with Crippen LogP contribution in [0.5, 0.6) is 0 Å². The quantitative estimate of drug-likeness (QED) is 0.568. The molecular formula is C25H30N6O3. The van der Waals surface area contributed by atoms with Crippen molar-refractivity contribution in [3.05, 3.63) is 42.6 Å². The maximum atomic E-state index is 12.9. The Labute approximate surface area is 198 Å². The average molecular weight is 463 g/mol. The van der Waals surface area contributed by atoms with Gasteiger partial charge in [0.2, 0.25) is 0 Å². The number of amides is 1. The van der Waals surface area contributed by atoms with Crippen molar-refractivity contribution >= 4 is 28.6 Å². The molecule has 1 saturated heterocycles. The number of aliphatic hydroxyl groups is 1. The van der Waals surface area contributed by atoms with Crippen LogP contribution in [0.15, 0.2) is 36.9 Å². The van der Waals surface area contributed by atoms with E-state index in [0.717, 1.165) is 42.5 Å². The van der Waals surface area contributed by atoms with Crippen molar-refractivity contribution < 1.29 is 14.6 Å². The van der Waals surface area contributed by atoms with Gasteiger partial charge in [0, 0.05) is 12.2 Å². The number of fused-ring (bicyclic) bond motifs is 1. The van der Waals surface area contributed by atoms with Crippen molar-refractivity contribution in [3.8, 4) is 0 Å². The molecule has 3 aromatic rings. The van der Waals surface area contributed by atoms with E-state index in [1.165, 1.54) is 25.2 Å². The minimum absolute atomic E-state index is 0.330. The van der Waals surface area contributed by atoms with Crippen LogP contribution in [-0.4, -0.2) is 42.9 Å². The van der Waals surface area contributed by atoms with E-state index in [2.05, 4.69) is 19.5 Å². The lowest BCUT2D eigenvalue weighted by Gasteiger charge is -2.41. The highest BCUT2D eigenvalue weighted by atomic mass is 16.6. The Morgan fingerprint density at radius 3 is 2.68 bits per heavy atom. The number of nitrogens with zero attached hydrogens (tertiary/aromatic N) is 5. The summed E-state index contributed by atoms with van der Waals surface area (Å²) in [5.41, 5.74) is 7.92. The minimum atomic E-state index is -1.09. The Hall–Kier alpha value is -3.20. The molecule has 34 heavy (non-hydrogen) atoms. The first kappa shape index (κ1) is 21.3. The van der Waals surface area contributed by atoms with Gasteiger partial charge in [-0.3, -0.25) is 9.88 Å². The van der Waals surface area contributed by atoms with E-state index in [9.17, 15) is 9.90 Å². The molecule has 0 unspecified atom stereocenters. The van der Waals surface area contributed by atoms with Crippen LogP contribution in [0.25, 0.3) is 11.0 Å². The molecule has 178 valence electrons. The second-order valence-corrected chi connectivity index (χ2v) is 10.9. The van der Waals surface area contributed by atoms with Gasteiger partial charge in [0.1, 0.15) is 11.2 Å². The zero-order valence-electron chi connectivity index (χ0n) is 19.6. The third-order valence-electron chi connectivity index (χ3n) is 8.03. The monoisotopic (exact) mass is 462 g/mol. The lowest BCUT2D eigenvalue weighted by molar-refractivity contribution is -0.0230. The summed E-state index contributed by atoms with van der Waals surface area (Å²) < 4.78 is 8.26. The summed E-state index contributed by atoms with van der Waals surface area (Å²) in [5.74, 6) is 0.839. The molecular weight excluding hydrogens is 432 g/mol. The van der Waals surface area contributed by atoms with Gasteiger partial charge in [0.05, 0.1) is 42.0 Å². The number of rotatable bonds is 4. The van der Waals surface area contributed by atoms with Crippen LogP contribution in [-0.2, 0) is 16.9 Å². The van der Waals surface area contributed by atoms with Crippen LogP contribution < -0.4 is 10.6 Å². The first-order chi connectivity index (χ1) is 16.2. The molecule has 6 rings (SSSR count). The number of nitrogen functional groups attached to an aromatic ring is 1. The molecule has 3 N–H and O–H groups in total. The lowest BCUT2D eigenvalue weighted by atomic mass is 9.69. The molecule has 2 atom stereocenters. The van der Waals surface area contributed by atoms with E-state index >= 15 is 0 Å². The molecule has 2 aromatic heterocycles. The van der Waals surface area contributed by atoms with Gasteiger partial charge in [-0.15, -0.1) is 0 Å². The molecule has 3 aliphatic rings. The SMILES string of the molecule is CC(C)(O)c1cnc(N2C[C@@]3(CCC4(CC4)[C@H](Cn4cnc5ccc(N)cc54)C3)OC2=O)cn1. The minimum Gasteiger partial charge on any atom is -0.441 e. The summed E-state index contributed by atoms with van der Waals surface area (Å²) in [6, 6.07) is 5.81. The van der Waals surface area contributed by atoms with Crippen molar-refractivity contribution in [2.75, 3.05) is 17.2 Å². The molecule has 1 aliphatic heterocycles. The molecule has 3 fully saturated rings. The van der Waals surface area contributed by atoms with E-state index < -0.39 is 11.2 Å². The van der Waals surface area contributed by atoms with Crippen molar-refractivity contribution in [2.24, 2.45) is 11.3 Å². The summed E-state index contributed by atoms with van der Waals surface area (Å²) in [4.78, 5) is 27.7. The first-order valence-corrected chi connectivity index (χ1v) is 11.9. The normalized spacial score (nSPS) is 25.9. The predicted octanol–water partition coefficient (Wildman–Crippen LogP) is 3.61. The summed E-state index contributed by atoms with van der Waals surface area (Å²) in [6.07, 6.45) is 9.76. The molecule has 1 amide bonds. The van der Waals surface area contributed by atoms with E-state index in [1.54, 1.807) is 18.7 Å². The van der Waals surface area contributed by atoms with Crippen LogP contribution in [0.3, 0.4) is 0 Å². The highest BCUT2D eigenvalue weighted by Gasteiger charge is 2.59. The predicted molar refractivity (Wildman–Crippen MR) is 127 cm³/mol. The third kappa shape index (κ3) is 3.50. The van der Waals surface area contributed by atoms with Crippen LogP contribution >= 0.6 is 0 Å². The summed E-state index contributed by atoms with van der Waals surface area (Å²) in [5, 5.41) is 10.1. The Bertz CT molecular complexity index is 1260. The number of anilines is 2. The zero-order valence-corrected chi connectivity index (χ0v) is 19.6. The molecule has 9 heteroatoms. The van der Waals surface area contributed by atoms with Crippen molar-refractivity contribution in [1.29, 1.82) is 0 Å². The number of imidazole rings is 1. The molecule has 0 radical (unpaired) electrons. The van der Waals surface area contributed by atoms with Gasteiger partial charge >= 0.3 is 6.09 Å². The van der Waals surface area contributed by atoms with Crippen molar-refractivity contribution in [1.82, 2.24) is 19.5 Å². The smallest absolute Gasteiger partial charge is 0.416 e. The van der Waals surface area contributed by atoms with Gasteiger partial charge in [-0.25, -0.2) is 14.8 Å². The molecule has 2 saturated carbocycles. The number of carbonyl (C=O) groups is 1. The fraction of sp³-hybridized carbons (Fsp3) is 0.520. The van der Waals surface area contributed by atoms with Gasteiger partial charge in [-0.1, -0.05) is 0 Å². The fourth-order valence-electron chi connectivity index (χ4n) is 5.79. The Kier molecular flexibility index (Phi) is 4.49. The number of carbonyl (C=O) groups excluding carboxylic acids is 1. The highest BCUT2D eigenvalue weighted by Crippen LogP contribution is 2.63. The maximum absolute atomic E-state index is 12.9. The van der Waals surface area contributed by atoms with E-state index in [-0.39, 0.29) is 6.09 Å². The fourth-order valence-corrected chi connectivity index (χ4v) is 5.79. The van der Waals surface area contributed by atoms with Gasteiger partial charge in [-0.2, -0.15) is 0 Å². The number of ether oxygens (including phenoxy) is 1. The third-order valence-corrected chi connectivity index (χ3v) is 8.03. The zero-order chi connectivity index (χ0) is 23.7. The second-order valence-electron chi connectivity index (χ2n) is 10.9. The topological polar surface area (TPSA) is 119 Å². The van der Waals surface area contributed by atoms with Crippen LogP contribution in [0.2, 0.25) is 0 Å². The number of nitrogens with two attached hydrogens (primary N) is 1. The number of aromatic nitrogens is 4. The summed E-state index contributed by atoms with van der Waals surface area (Å²) >= 11 is 0. The number of hydrogen-bond donors (Lipinski definition) is 2. The Balaban J connectivity index is 1.24. The van der Waals surface area contributed by atoms with E-state index in [4.69, 9.17) is 10.5 Å². The Morgan fingerprint density at radius 1 is 1.18 bits per heavy atom. The van der Waals surface area contributed by atoms with Crippen LogP contribution in [0.4, 0.5) is 16.3 Å². The number of benzene rings is 1. The number of hydrogen-bond acceptors (Lipinski definition) is 7. The lowest BCUT2D eigenvalue weighted by Crippen LogP contribution is -2.44. The molecule has 9 nitrogen and oxygen atoms in total. The van der Waals surface area contributed by atoms with Gasteiger partial charge < -0.3 is 20.1 Å². The Morgan fingerprint density at radius 2 is 1.97 bits per heavy atom. The van der Waals surface area contributed by atoms with E-state index in [0.29, 0.717) is 29.4 Å².